The smallest absolute Gasteiger partial charge is 0.271 e. The molecule has 2 amide bonds. The Labute approximate surface area is 208 Å². The fourth-order valence-electron chi connectivity index (χ4n) is 5.59. The highest BCUT2D eigenvalue weighted by molar-refractivity contribution is 6.00. The van der Waals surface area contributed by atoms with Gasteiger partial charge in [0.25, 0.3) is 5.91 Å². The number of amides is 2. The number of carbonyl (C=O) groups is 2. The molecular weight excluding hydrogens is 434 g/mol. The predicted molar refractivity (Wildman–Crippen MR) is 139 cm³/mol. The molecule has 5 nitrogen and oxygen atoms in total. The second-order valence-electron chi connectivity index (χ2n) is 10.2. The molecule has 1 aliphatic carbocycles. The number of rotatable bonds is 5. The van der Waals surface area contributed by atoms with Crippen LogP contribution in [0.3, 0.4) is 0 Å². The third kappa shape index (κ3) is 4.77. The lowest BCUT2D eigenvalue weighted by Gasteiger charge is -2.45. The van der Waals surface area contributed by atoms with Crippen molar-refractivity contribution in [3.8, 4) is 11.3 Å². The van der Waals surface area contributed by atoms with Crippen molar-refractivity contribution in [2.75, 3.05) is 0 Å². The molecule has 5 heteroatoms. The van der Waals surface area contributed by atoms with Crippen molar-refractivity contribution in [2.24, 2.45) is 0 Å². The Balaban J connectivity index is 1.50. The van der Waals surface area contributed by atoms with E-state index in [1.807, 2.05) is 72.2 Å². The first-order valence-corrected chi connectivity index (χ1v) is 13.0. The standard InChI is InChI=1S/C30H35N3O2/c1-30(29(35)31-25-17-11-3-2-4-12-18-25)22-32-26(24-15-9-6-10-16-24)19-20-27(32)28(34)33(30)21-23-13-7-5-8-14-23/h5-10,13-16,19-20,25H,2-4,11-12,17-18,21-22H2,1H3,(H,31,35)/t30-/m0/s1. The molecule has 2 aromatic carbocycles. The van der Waals surface area contributed by atoms with Crippen molar-refractivity contribution in [2.45, 2.75) is 76.5 Å². The van der Waals surface area contributed by atoms with Gasteiger partial charge in [-0.3, -0.25) is 9.59 Å². The number of benzene rings is 2. The molecule has 35 heavy (non-hydrogen) atoms. The van der Waals surface area contributed by atoms with E-state index in [9.17, 15) is 9.59 Å². The van der Waals surface area contributed by atoms with Gasteiger partial charge in [0, 0.05) is 18.3 Å². The first-order valence-electron chi connectivity index (χ1n) is 13.0. The van der Waals surface area contributed by atoms with E-state index in [0.29, 0.717) is 18.8 Å². The summed E-state index contributed by atoms with van der Waals surface area (Å²) in [6, 6.07) is 24.1. The van der Waals surface area contributed by atoms with Crippen molar-refractivity contribution in [1.82, 2.24) is 14.8 Å². The zero-order chi connectivity index (χ0) is 24.3. The number of hydrogen-bond acceptors (Lipinski definition) is 2. The van der Waals surface area contributed by atoms with Gasteiger partial charge in [-0.2, -0.15) is 0 Å². The van der Waals surface area contributed by atoms with Crippen molar-refractivity contribution in [1.29, 1.82) is 0 Å². The molecule has 0 saturated heterocycles. The summed E-state index contributed by atoms with van der Waals surface area (Å²) in [6.45, 7) is 2.76. The second kappa shape index (κ2) is 10.1. The van der Waals surface area contributed by atoms with Crippen LogP contribution in [0, 0.1) is 0 Å². The maximum absolute atomic E-state index is 14.0. The molecule has 1 atom stereocenters. The van der Waals surface area contributed by atoms with Crippen LogP contribution >= 0.6 is 0 Å². The zero-order valence-electron chi connectivity index (χ0n) is 20.6. The lowest BCUT2D eigenvalue weighted by Crippen LogP contribution is -2.64. The first-order chi connectivity index (χ1) is 17.1. The number of nitrogens with one attached hydrogen (secondary N) is 1. The average Bonchev–Trinajstić information content (AvgIpc) is 3.28. The van der Waals surface area contributed by atoms with Gasteiger partial charge < -0.3 is 14.8 Å². The quantitative estimate of drug-likeness (QED) is 0.514. The minimum atomic E-state index is -0.995. The summed E-state index contributed by atoms with van der Waals surface area (Å²) < 4.78 is 2.04. The molecule has 0 radical (unpaired) electrons. The maximum atomic E-state index is 14.0. The average molecular weight is 470 g/mol. The molecule has 0 unspecified atom stereocenters. The van der Waals surface area contributed by atoms with E-state index in [-0.39, 0.29) is 17.9 Å². The summed E-state index contributed by atoms with van der Waals surface area (Å²) in [7, 11) is 0. The Morgan fingerprint density at radius 2 is 1.46 bits per heavy atom. The van der Waals surface area contributed by atoms with E-state index >= 15 is 0 Å². The number of hydrogen-bond donors (Lipinski definition) is 1. The van der Waals surface area contributed by atoms with E-state index in [0.717, 1.165) is 42.5 Å². The van der Waals surface area contributed by atoms with Crippen LogP contribution in [0.1, 0.15) is 67.9 Å². The Morgan fingerprint density at radius 1 is 0.857 bits per heavy atom. The highest BCUT2D eigenvalue weighted by Gasteiger charge is 2.48. The molecule has 1 aromatic heterocycles. The van der Waals surface area contributed by atoms with Crippen LogP contribution in [0.25, 0.3) is 11.3 Å². The van der Waals surface area contributed by atoms with Crippen LogP contribution in [0.5, 0.6) is 0 Å². The molecule has 0 spiro atoms. The predicted octanol–water partition coefficient (Wildman–Crippen LogP) is 5.80. The summed E-state index contributed by atoms with van der Waals surface area (Å²) in [5.41, 5.74) is 2.68. The fourth-order valence-corrected chi connectivity index (χ4v) is 5.59. The van der Waals surface area contributed by atoms with Gasteiger partial charge in [-0.1, -0.05) is 92.8 Å². The lowest BCUT2D eigenvalue weighted by molar-refractivity contribution is -0.134. The van der Waals surface area contributed by atoms with Crippen LogP contribution in [-0.4, -0.2) is 32.9 Å². The molecule has 1 aliphatic heterocycles. The van der Waals surface area contributed by atoms with Crippen molar-refractivity contribution >= 4 is 11.8 Å². The van der Waals surface area contributed by atoms with Crippen LogP contribution < -0.4 is 5.32 Å². The molecule has 0 bridgehead atoms. The normalized spacial score (nSPS) is 21.2. The largest absolute Gasteiger partial charge is 0.351 e. The summed E-state index contributed by atoms with van der Waals surface area (Å²) in [4.78, 5) is 29.7. The lowest BCUT2D eigenvalue weighted by atomic mass is 9.91. The fraction of sp³-hybridized carbons (Fsp3) is 0.400. The third-order valence-electron chi connectivity index (χ3n) is 7.69. The van der Waals surface area contributed by atoms with E-state index in [1.165, 1.54) is 19.3 Å². The first kappa shape index (κ1) is 23.4. The molecule has 3 aromatic rings. The molecule has 1 saturated carbocycles. The molecule has 2 heterocycles. The van der Waals surface area contributed by atoms with Gasteiger partial charge in [0.15, 0.2) is 0 Å². The van der Waals surface area contributed by atoms with E-state index < -0.39 is 5.54 Å². The van der Waals surface area contributed by atoms with Crippen LogP contribution in [0.15, 0.2) is 72.8 Å². The molecule has 182 valence electrons. The van der Waals surface area contributed by atoms with E-state index in [2.05, 4.69) is 17.4 Å². The van der Waals surface area contributed by atoms with E-state index in [1.54, 1.807) is 4.90 Å². The Hall–Kier alpha value is -3.34. The minimum Gasteiger partial charge on any atom is -0.351 e. The third-order valence-corrected chi connectivity index (χ3v) is 7.69. The second-order valence-corrected chi connectivity index (χ2v) is 10.2. The Kier molecular flexibility index (Phi) is 6.76. The summed E-state index contributed by atoms with van der Waals surface area (Å²) in [6.07, 6.45) is 8.07. The van der Waals surface area contributed by atoms with Crippen molar-refractivity contribution in [3.05, 3.63) is 84.1 Å². The van der Waals surface area contributed by atoms with Gasteiger partial charge in [0.2, 0.25) is 5.91 Å². The Morgan fingerprint density at radius 3 is 2.14 bits per heavy atom. The molecule has 1 fully saturated rings. The number of carbonyl (C=O) groups excluding carboxylic acids is 2. The van der Waals surface area contributed by atoms with Crippen LogP contribution in [-0.2, 0) is 17.9 Å². The molecule has 1 N–H and O–H groups in total. The molecule has 2 aliphatic rings. The Bertz CT molecular complexity index is 1160. The topological polar surface area (TPSA) is 54.3 Å². The van der Waals surface area contributed by atoms with Gasteiger partial charge in [0.05, 0.1) is 6.54 Å². The zero-order valence-corrected chi connectivity index (χ0v) is 20.6. The van der Waals surface area contributed by atoms with Gasteiger partial charge in [-0.25, -0.2) is 0 Å². The monoisotopic (exact) mass is 469 g/mol. The molecule has 5 rings (SSSR count). The number of aromatic nitrogens is 1. The van der Waals surface area contributed by atoms with Gasteiger partial charge in [0.1, 0.15) is 11.2 Å². The van der Waals surface area contributed by atoms with Gasteiger partial charge >= 0.3 is 0 Å². The van der Waals surface area contributed by atoms with Gasteiger partial charge in [-0.15, -0.1) is 0 Å². The summed E-state index contributed by atoms with van der Waals surface area (Å²) in [5.74, 6) is -0.150. The number of fused-ring (bicyclic) bond motifs is 1. The highest BCUT2D eigenvalue weighted by Crippen LogP contribution is 2.34. The number of nitrogens with zero attached hydrogens (tertiary/aromatic N) is 2. The maximum Gasteiger partial charge on any atom is 0.271 e. The van der Waals surface area contributed by atoms with E-state index in [4.69, 9.17) is 0 Å². The van der Waals surface area contributed by atoms with Crippen molar-refractivity contribution < 1.29 is 9.59 Å². The van der Waals surface area contributed by atoms with Crippen LogP contribution in [0.4, 0.5) is 0 Å². The minimum absolute atomic E-state index is 0.0503. The summed E-state index contributed by atoms with van der Waals surface area (Å²) >= 11 is 0. The van der Waals surface area contributed by atoms with Crippen LogP contribution in [0.2, 0.25) is 0 Å². The summed E-state index contributed by atoms with van der Waals surface area (Å²) in [5, 5.41) is 3.37. The van der Waals surface area contributed by atoms with Crippen molar-refractivity contribution in [3.63, 3.8) is 0 Å². The van der Waals surface area contributed by atoms with Gasteiger partial charge in [-0.05, 0) is 43.0 Å². The molecular formula is C30H35N3O2. The SMILES string of the molecule is C[C@@]1(C(=O)NC2CCCCCCC2)Cn2c(ccc2-c2ccccc2)C(=O)N1Cc1ccccc1. The highest BCUT2D eigenvalue weighted by atomic mass is 16.2.